The molecule has 0 aromatic carbocycles. The van der Waals surface area contributed by atoms with Gasteiger partial charge in [-0.25, -0.2) is 4.79 Å². The van der Waals surface area contributed by atoms with E-state index in [0.29, 0.717) is 18.8 Å². The molecule has 0 fully saturated rings. The van der Waals surface area contributed by atoms with Gasteiger partial charge in [-0.2, -0.15) is 12.6 Å². The molecule has 4 heteroatoms. The number of ether oxygens (including phenoxy) is 2. The first-order chi connectivity index (χ1) is 6.18. The molecule has 0 saturated heterocycles. The van der Waals surface area contributed by atoms with E-state index < -0.39 is 0 Å². The lowest BCUT2D eigenvalue weighted by Gasteiger charge is -2.04. The van der Waals surface area contributed by atoms with Gasteiger partial charge in [0.05, 0.1) is 6.61 Å². The van der Waals surface area contributed by atoms with E-state index in [1.54, 1.807) is 6.92 Å². The molecule has 0 amide bonds. The van der Waals surface area contributed by atoms with Crippen molar-refractivity contribution in [3.05, 3.63) is 12.2 Å². The highest BCUT2D eigenvalue weighted by molar-refractivity contribution is 7.80. The Hall–Kier alpha value is -0.480. The number of esters is 1. The molecule has 0 saturated carbocycles. The summed E-state index contributed by atoms with van der Waals surface area (Å²) in [4.78, 5) is 10.8. The zero-order valence-corrected chi connectivity index (χ0v) is 8.81. The maximum Gasteiger partial charge on any atom is 0.333 e. The summed E-state index contributed by atoms with van der Waals surface area (Å²) >= 11 is 4.03. The van der Waals surface area contributed by atoms with E-state index in [0.717, 1.165) is 12.2 Å². The summed E-state index contributed by atoms with van der Waals surface area (Å²) in [6.45, 7) is 6.46. The monoisotopic (exact) mass is 204 g/mol. The molecule has 0 heterocycles. The first kappa shape index (κ1) is 12.5. The Kier molecular flexibility index (Phi) is 7.83. The highest BCUT2D eigenvalue weighted by atomic mass is 32.1. The largest absolute Gasteiger partial charge is 0.460 e. The van der Waals surface area contributed by atoms with Gasteiger partial charge in [0.25, 0.3) is 0 Å². The molecule has 0 aliphatic carbocycles. The zero-order valence-electron chi connectivity index (χ0n) is 7.91. The van der Waals surface area contributed by atoms with Crippen molar-refractivity contribution < 1.29 is 14.3 Å². The lowest BCUT2D eigenvalue weighted by molar-refractivity contribution is -0.140. The SMILES string of the molecule is C=C(C)C(=O)OCCOCCCS. The summed E-state index contributed by atoms with van der Waals surface area (Å²) in [6, 6.07) is 0. The summed E-state index contributed by atoms with van der Waals surface area (Å²) in [6.07, 6.45) is 0.914. The number of hydrogen-bond acceptors (Lipinski definition) is 4. The van der Waals surface area contributed by atoms with E-state index in [2.05, 4.69) is 19.2 Å². The Morgan fingerprint density at radius 1 is 1.38 bits per heavy atom. The van der Waals surface area contributed by atoms with Gasteiger partial charge < -0.3 is 9.47 Å². The topological polar surface area (TPSA) is 35.5 Å². The van der Waals surface area contributed by atoms with Gasteiger partial charge in [-0.05, 0) is 19.1 Å². The van der Waals surface area contributed by atoms with Crippen LogP contribution in [-0.4, -0.2) is 31.5 Å². The fourth-order valence-electron chi connectivity index (χ4n) is 0.585. The molecule has 13 heavy (non-hydrogen) atoms. The van der Waals surface area contributed by atoms with Gasteiger partial charge in [0.15, 0.2) is 0 Å². The van der Waals surface area contributed by atoms with Crippen LogP contribution < -0.4 is 0 Å². The van der Waals surface area contributed by atoms with Crippen molar-refractivity contribution in [2.24, 2.45) is 0 Å². The Labute approximate surface area is 84.5 Å². The van der Waals surface area contributed by atoms with Crippen molar-refractivity contribution >= 4 is 18.6 Å². The predicted molar refractivity (Wildman–Crippen MR) is 55.1 cm³/mol. The van der Waals surface area contributed by atoms with Crippen LogP contribution in [0.5, 0.6) is 0 Å². The van der Waals surface area contributed by atoms with Crippen LogP contribution in [0.15, 0.2) is 12.2 Å². The van der Waals surface area contributed by atoms with Crippen LogP contribution >= 0.6 is 12.6 Å². The lowest BCUT2D eigenvalue weighted by Crippen LogP contribution is -2.11. The van der Waals surface area contributed by atoms with Crippen molar-refractivity contribution in [2.75, 3.05) is 25.6 Å². The van der Waals surface area contributed by atoms with Crippen molar-refractivity contribution in [1.82, 2.24) is 0 Å². The normalized spacial score (nSPS) is 9.69. The molecule has 76 valence electrons. The van der Waals surface area contributed by atoms with Crippen LogP contribution in [0.2, 0.25) is 0 Å². The van der Waals surface area contributed by atoms with Gasteiger partial charge in [-0.3, -0.25) is 0 Å². The molecule has 0 rings (SSSR count). The van der Waals surface area contributed by atoms with Gasteiger partial charge in [0.1, 0.15) is 6.61 Å². The van der Waals surface area contributed by atoms with E-state index >= 15 is 0 Å². The summed E-state index contributed by atoms with van der Waals surface area (Å²) in [5, 5.41) is 0. The van der Waals surface area contributed by atoms with E-state index in [4.69, 9.17) is 9.47 Å². The fraction of sp³-hybridized carbons (Fsp3) is 0.667. The van der Waals surface area contributed by atoms with Gasteiger partial charge in [0, 0.05) is 12.2 Å². The summed E-state index contributed by atoms with van der Waals surface area (Å²) in [5.74, 6) is 0.448. The van der Waals surface area contributed by atoms with Crippen LogP contribution in [0.25, 0.3) is 0 Å². The van der Waals surface area contributed by atoms with Crippen LogP contribution in [0.3, 0.4) is 0 Å². The molecule has 0 aromatic heterocycles. The molecule has 3 nitrogen and oxygen atoms in total. The average molecular weight is 204 g/mol. The molecule has 0 spiro atoms. The fourth-order valence-corrected chi connectivity index (χ4v) is 0.714. The number of carbonyl (C=O) groups excluding carboxylic acids is 1. The predicted octanol–water partition coefficient (Wildman–Crippen LogP) is 1.44. The van der Waals surface area contributed by atoms with Crippen LogP contribution in [-0.2, 0) is 14.3 Å². The molecule has 0 bridgehead atoms. The standard InChI is InChI=1S/C9H16O3S/c1-8(2)9(10)12-6-5-11-4-3-7-13/h13H,1,3-7H2,2H3. The van der Waals surface area contributed by atoms with Gasteiger partial charge in [0.2, 0.25) is 0 Å². The van der Waals surface area contributed by atoms with Crippen molar-refractivity contribution in [1.29, 1.82) is 0 Å². The second-order valence-corrected chi connectivity index (χ2v) is 3.05. The van der Waals surface area contributed by atoms with Crippen LogP contribution in [0.1, 0.15) is 13.3 Å². The molecule has 0 aromatic rings. The van der Waals surface area contributed by atoms with E-state index in [9.17, 15) is 4.79 Å². The number of thiol groups is 1. The van der Waals surface area contributed by atoms with Crippen molar-refractivity contribution in [2.45, 2.75) is 13.3 Å². The minimum atomic E-state index is -0.363. The summed E-state index contributed by atoms with van der Waals surface area (Å²) < 4.78 is 9.95. The molecule has 0 atom stereocenters. The van der Waals surface area contributed by atoms with Gasteiger partial charge in [-0.1, -0.05) is 6.58 Å². The molecule has 0 aliphatic heterocycles. The maximum atomic E-state index is 10.8. The summed E-state index contributed by atoms with van der Waals surface area (Å²) in [5.41, 5.74) is 0.412. The van der Waals surface area contributed by atoms with Gasteiger partial charge >= 0.3 is 5.97 Å². The molecular weight excluding hydrogens is 188 g/mol. The number of carbonyl (C=O) groups is 1. The second-order valence-electron chi connectivity index (χ2n) is 2.61. The maximum absolute atomic E-state index is 10.8. The third kappa shape index (κ3) is 7.87. The minimum absolute atomic E-state index is 0.290. The summed E-state index contributed by atoms with van der Waals surface area (Å²) in [7, 11) is 0. The van der Waals surface area contributed by atoms with Crippen molar-refractivity contribution in [3.63, 3.8) is 0 Å². The van der Waals surface area contributed by atoms with Crippen LogP contribution in [0, 0.1) is 0 Å². The molecule has 0 N–H and O–H groups in total. The Morgan fingerprint density at radius 3 is 2.62 bits per heavy atom. The number of rotatable bonds is 7. The first-order valence-electron chi connectivity index (χ1n) is 4.19. The zero-order chi connectivity index (χ0) is 10.1. The number of hydrogen-bond donors (Lipinski definition) is 1. The molecule has 0 radical (unpaired) electrons. The quantitative estimate of drug-likeness (QED) is 0.295. The van der Waals surface area contributed by atoms with E-state index in [1.165, 1.54) is 0 Å². The third-order valence-electron chi connectivity index (χ3n) is 1.26. The lowest BCUT2D eigenvalue weighted by atomic mass is 10.4. The highest BCUT2D eigenvalue weighted by Gasteiger charge is 2.01. The van der Waals surface area contributed by atoms with E-state index in [1.807, 2.05) is 0 Å². The van der Waals surface area contributed by atoms with Crippen molar-refractivity contribution in [3.8, 4) is 0 Å². The third-order valence-corrected chi connectivity index (χ3v) is 1.57. The minimum Gasteiger partial charge on any atom is -0.460 e. The Morgan fingerprint density at radius 2 is 2.08 bits per heavy atom. The molecule has 0 aliphatic rings. The van der Waals surface area contributed by atoms with Gasteiger partial charge in [-0.15, -0.1) is 0 Å². The Balaban J connectivity index is 3.16. The second kappa shape index (κ2) is 8.13. The smallest absolute Gasteiger partial charge is 0.333 e. The average Bonchev–Trinajstić information content (AvgIpc) is 2.10. The molecule has 0 unspecified atom stereocenters. The highest BCUT2D eigenvalue weighted by Crippen LogP contribution is 1.92. The Bertz CT molecular complexity index is 168. The first-order valence-corrected chi connectivity index (χ1v) is 4.83. The molecular formula is C9H16O3S. The van der Waals surface area contributed by atoms with E-state index in [-0.39, 0.29) is 12.6 Å². The van der Waals surface area contributed by atoms with Crippen LogP contribution in [0.4, 0.5) is 0 Å².